The summed E-state index contributed by atoms with van der Waals surface area (Å²) in [5.74, 6) is 0.322. The Bertz CT molecular complexity index is 263. The summed E-state index contributed by atoms with van der Waals surface area (Å²) in [6.45, 7) is 0. The fourth-order valence-electron chi connectivity index (χ4n) is 0.768. The topological polar surface area (TPSA) is 20.2 Å². The molecule has 0 spiro atoms. The molecule has 0 fully saturated rings. The Morgan fingerprint density at radius 1 is 1.07 bits per heavy atom. The second-order valence-electron chi connectivity index (χ2n) is 2.34. The van der Waals surface area contributed by atoms with Crippen LogP contribution in [0.1, 0.15) is 6.42 Å². The summed E-state index contributed by atoms with van der Waals surface area (Å²) < 4.78 is 0. The molecule has 0 aliphatic heterocycles. The SMILES string of the molecule is Oc1ccccc1.[C-]1=CC=CC1.[Cl-].[Cl-].[Ti]. The predicted octanol–water partition coefficient (Wildman–Crippen LogP) is -3.30. The van der Waals surface area contributed by atoms with Gasteiger partial charge in [-0.05, 0) is 12.1 Å². The Labute approximate surface area is 118 Å². The van der Waals surface area contributed by atoms with Gasteiger partial charge in [0.05, 0.1) is 0 Å². The molecular formula is C11H11Cl2OTi-3. The van der Waals surface area contributed by atoms with E-state index >= 15 is 0 Å². The van der Waals surface area contributed by atoms with E-state index in [0.29, 0.717) is 5.75 Å². The molecule has 0 heterocycles. The van der Waals surface area contributed by atoms with E-state index in [0.717, 1.165) is 6.42 Å². The molecule has 1 nitrogen and oxygen atoms in total. The van der Waals surface area contributed by atoms with E-state index in [9.17, 15) is 0 Å². The van der Waals surface area contributed by atoms with Crippen molar-refractivity contribution in [1.29, 1.82) is 0 Å². The van der Waals surface area contributed by atoms with Crippen molar-refractivity contribution in [3.8, 4) is 5.75 Å². The maximum atomic E-state index is 8.63. The zero-order chi connectivity index (χ0) is 8.65. The van der Waals surface area contributed by atoms with Gasteiger partial charge in [0.1, 0.15) is 5.75 Å². The van der Waals surface area contributed by atoms with Crippen molar-refractivity contribution in [2.45, 2.75) is 6.42 Å². The Balaban J connectivity index is -0.000000165. The summed E-state index contributed by atoms with van der Waals surface area (Å²) in [5.41, 5.74) is 0. The molecule has 0 radical (unpaired) electrons. The van der Waals surface area contributed by atoms with Crippen LogP contribution < -0.4 is 24.8 Å². The van der Waals surface area contributed by atoms with Crippen LogP contribution in [-0.2, 0) is 21.7 Å². The molecule has 82 valence electrons. The average Bonchev–Trinajstić information content (AvgIpc) is 2.62. The van der Waals surface area contributed by atoms with Crippen LogP contribution in [0.3, 0.4) is 0 Å². The third-order valence-corrected chi connectivity index (χ3v) is 1.34. The van der Waals surface area contributed by atoms with Crippen molar-refractivity contribution in [2.75, 3.05) is 0 Å². The van der Waals surface area contributed by atoms with Gasteiger partial charge in [-0.2, -0.15) is 6.08 Å². The maximum Gasteiger partial charge on any atom is 0.115 e. The quantitative estimate of drug-likeness (QED) is 0.389. The third kappa shape index (κ3) is 11.7. The Kier molecular flexibility index (Phi) is 18.6. The number of rotatable bonds is 0. The number of phenolic OH excluding ortho intramolecular Hbond substituents is 1. The predicted molar refractivity (Wildman–Crippen MR) is 49.7 cm³/mol. The first-order chi connectivity index (χ1) is 5.89. The van der Waals surface area contributed by atoms with Gasteiger partial charge in [-0.25, -0.2) is 12.2 Å². The molecule has 4 heteroatoms. The molecule has 2 rings (SSSR count). The van der Waals surface area contributed by atoms with Gasteiger partial charge in [0.25, 0.3) is 0 Å². The molecule has 0 saturated carbocycles. The van der Waals surface area contributed by atoms with Crippen molar-refractivity contribution < 1.29 is 51.6 Å². The van der Waals surface area contributed by atoms with Crippen molar-refractivity contribution in [3.63, 3.8) is 0 Å². The number of allylic oxidation sites excluding steroid dienone is 4. The minimum Gasteiger partial charge on any atom is -1.00 e. The molecule has 0 unspecified atom stereocenters. The van der Waals surface area contributed by atoms with Crippen LogP contribution in [0.4, 0.5) is 0 Å². The van der Waals surface area contributed by atoms with E-state index in [1.807, 2.05) is 18.2 Å². The first-order valence-corrected chi connectivity index (χ1v) is 3.85. The van der Waals surface area contributed by atoms with Crippen LogP contribution >= 0.6 is 0 Å². The molecule has 1 aliphatic rings. The van der Waals surface area contributed by atoms with Crippen LogP contribution in [0.15, 0.2) is 48.6 Å². The fraction of sp³-hybridized carbons (Fsp3) is 0.0909. The number of benzene rings is 1. The van der Waals surface area contributed by atoms with E-state index in [1.165, 1.54) is 0 Å². The van der Waals surface area contributed by atoms with Gasteiger partial charge in [-0.3, -0.25) is 6.08 Å². The van der Waals surface area contributed by atoms with Gasteiger partial charge >= 0.3 is 0 Å². The zero-order valence-electron chi connectivity index (χ0n) is 8.03. The first kappa shape index (κ1) is 20.2. The largest absolute Gasteiger partial charge is 1.00 e. The molecule has 0 amide bonds. The van der Waals surface area contributed by atoms with Crippen LogP contribution in [0.5, 0.6) is 5.75 Å². The van der Waals surface area contributed by atoms with Crippen molar-refractivity contribution in [2.24, 2.45) is 0 Å². The molecule has 1 aliphatic carbocycles. The molecule has 1 aromatic rings. The molecule has 1 N–H and O–H groups in total. The van der Waals surface area contributed by atoms with E-state index < -0.39 is 0 Å². The second-order valence-corrected chi connectivity index (χ2v) is 2.34. The third-order valence-electron chi connectivity index (χ3n) is 1.34. The second kappa shape index (κ2) is 13.8. The number of phenols is 1. The van der Waals surface area contributed by atoms with Gasteiger partial charge in [0.15, 0.2) is 0 Å². The number of hydrogen-bond donors (Lipinski definition) is 1. The zero-order valence-corrected chi connectivity index (χ0v) is 11.1. The fourth-order valence-corrected chi connectivity index (χ4v) is 0.768. The summed E-state index contributed by atoms with van der Waals surface area (Å²) >= 11 is 0. The molecule has 0 bridgehead atoms. The van der Waals surface area contributed by atoms with Gasteiger partial charge < -0.3 is 29.9 Å². The number of halogens is 2. The van der Waals surface area contributed by atoms with Gasteiger partial charge in [0, 0.05) is 21.7 Å². The van der Waals surface area contributed by atoms with Crippen molar-refractivity contribution in [3.05, 3.63) is 54.6 Å². The Morgan fingerprint density at radius 3 is 1.87 bits per heavy atom. The molecule has 0 aromatic heterocycles. The standard InChI is InChI=1S/C6H6O.C5H5.2ClH.Ti/c7-6-4-2-1-3-5-6;1-2-4-5-3-1;;;/h1-5,7H;1-3H,4H2;2*1H;/q;-1;;;/p-2. The van der Waals surface area contributed by atoms with E-state index in [1.54, 1.807) is 24.3 Å². The van der Waals surface area contributed by atoms with Crippen LogP contribution in [0.25, 0.3) is 0 Å². The molecular weight excluding hydrogens is 267 g/mol. The smallest absolute Gasteiger partial charge is 0.115 e. The average molecular weight is 278 g/mol. The van der Waals surface area contributed by atoms with Crippen LogP contribution in [-0.4, -0.2) is 5.11 Å². The van der Waals surface area contributed by atoms with Crippen LogP contribution in [0.2, 0.25) is 0 Å². The summed E-state index contributed by atoms with van der Waals surface area (Å²) in [6, 6.07) is 8.71. The summed E-state index contributed by atoms with van der Waals surface area (Å²) in [4.78, 5) is 0. The van der Waals surface area contributed by atoms with Gasteiger partial charge in [-0.1, -0.05) is 18.2 Å². The Morgan fingerprint density at radius 2 is 1.67 bits per heavy atom. The van der Waals surface area contributed by atoms with Gasteiger partial charge in [-0.15, -0.1) is 6.42 Å². The van der Waals surface area contributed by atoms with E-state index in [-0.39, 0.29) is 46.5 Å². The van der Waals surface area contributed by atoms with Gasteiger partial charge in [0.2, 0.25) is 0 Å². The first-order valence-electron chi connectivity index (χ1n) is 3.85. The summed E-state index contributed by atoms with van der Waals surface area (Å²) in [6.07, 6.45) is 10.0. The molecule has 15 heavy (non-hydrogen) atoms. The molecule has 0 atom stereocenters. The van der Waals surface area contributed by atoms with Crippen molar-refractivity contribution >= 4 is 0 Å². The summed E-state index contributed by atoms with van der Waals surface area (Å²) in [7, 11) is 0. The summed E-state index contributed by atoms with van der Waals surface area (Å²) in [5, 5.41) is 8.63. The van der Waals surface area contributed by atoms with E-state index in [2.05, 4.69) is 12.2 Å². The maximum absolute atomic E-state index is 8.63. The van der Waals surface area contributed by atoms with Crippen LogP contribution in [0, 0.1) is 6.08 Å². The minimum absolute atomic E-state index is 0. The normalized spacial score (nSPS) is 9.87. The monoisotopic (exact) mass is 277 g/mol. The number of hydrogen-bond acceptors (Lipinski definition) is 1. The Hall–Kier alpha value is -0.206. The number of aromatic hydroxyl groups is 1. The molecule has 0 saturated heterocycles. The molecule has 1 aromatic carbocycles. The minimum atomic E-state index is 0. The van der Waals surface area contributed by atoms with E-state index in [4.69, 9.17) is 5.11 Å². The number of para-hydroxylation sites is 1. The van der Waals surface area contributed by atoms with Crippen molar-refractivity contribution in [1.82, 2.24) is 0 Å².